The zero-order chi connectivity index (χ0) is 19.6. The normalized spacial score (nSPS) is 21.8. The van der Waals surface area contributed by atoms with E-state index in [0.717, 1.165) is 6.42 Å². The van der Waals surface area contributed by atoms with E-state index in [2.05, 4.69) is 30.0 Å². The minimum absolute atomic E-state index is 0.211. The first-order valence-corrected chi connectivity index (χ1v) is 9.73. The van der Waals surface area contributed by atoms with Crippen LogP contribution in [0.1, 0.15) is 38.8 Å². The molecule has 1 saturated heterocycles. The molecule has 0 N–H and O–H groups in total. The average Bonchev–Trinajstić information content (AvgIpc) is 2.95. The third kappa shape index (κ3) is 4.74. The van der Waals surface area contributed by atoms with E-state index < -0.39 is 5.60 Å². The lowest BCUT2D eigenvalue weighted by atomic mass is 10.1. The smallest absolute Gasteiger partial charge is 0.410 e. The highest BCUT2D eigenvalue weighted by molar-refractivity contribution is 5.70. The number of fused-ring (bicyclic) bond motifs is 3. The molecular weight excluding hydrogens is 344 g/mol. The molecule has 0 aromatic heterocycles. The predicted molar refractivity (Wildman–Crippen MR) is 105 cm³/mol. The fourth-order valence-electron chi connectivity index (χ4n) is 3.95. The minimum atomic E-state index is -0.464. The van der Waals surface area contributed by atoms with Gasteiger partial charge in [-0.05, 0) is 51.3 Å². The Morgan fingerprint density at radius 2 is 2.00 bits per heavy atom. The Balaban J connectivity index is 1.67. The van der Waals surface area contributed by atoms with Gasteiger partial charge in [-0.25, -0.2) is 4.79 Å². The first kappa shape index (κ1) is 20.0. The first-order valence-electron chi connectivity index (χ1n) is 9.73. The highest BCUT2D eigenvalue weighted by Gasteiger charge is 2.40. The Kier molecular flexibility index (Phi) is 5.96. The fraction of sp³-hybridized carbons (Fsp3) is 0.667. The molecule has 0 spiro atoms. The van der Waals surface area contributed by atoms with Crippen molar-refractivity contribution in [1.29, 1.82) is 0 Å². The molecular formula is C21H32N2O4. The molecule has 1 unspecified atom stereocenters. The standard InChI is InChI=1S/C21H32N2O4/c1-15-12-22(20(24)27-21(2,3)4)13-18-11-17-7-6-16(10-19(17)23(15)18)14-26-9-8-25-5/h6-7,10,15,18H,8-9,11-14H2,1-5H3/t15?,18-/m1/s1. The number of ether oxygens (including phenoxy) is 3. The number of anilines is 1. The highest BCUT2D eigenvalue weighted by atomic mass is 16.6. The Morgan fingerprint density at radius 1 is 1.22 bits per heavy atom. The molecule has 2 atom stereocenters. The summed E-state index contributed by atoms with van der Waals surface area (Å²) in [7, 11) is 1.68. The lowest BCUT2D eigenvalue weighted by Crippen LogP contribution is -2.58. The molecule has 2 aliphatic rings. The molecule has 3 rings (SSSR count). The van der Waals surface area contributed by atoms with E-state index in [4.69, 9.17) is 14.2 Å². The van der Waals surface area contributed by atoms with Crippen molar-refractivity contribution in [3.8, 4) is 0 Å². The van der Waals surface area contributed by atoms with Gasteiger partial charge in [0.1, 0.15) is 5.60 Å². The van der Waals surface area contributed by atoms with E-state index in [-0.39, 0.29) is 12.1 Å². The van der Waals surface area contributed by atoms with E-state index in [1.165, 1.54) is 16.8 Å². The van der Waals surface area contributed by atoms with Crippen molar-refractivity contribution >= 4 is 11.8 Å². The van der Waals surface area contributed by atoms with Crippen LogP contribution < -0.4 is 4.90 Å². The largest absolute Gasteiger partial charge is 0.444 e. The molecule has 27 heavy (non-hydrogen) atoms. The summed E-state index contributed by atoms with van der Waals surface area (Å²) in [5.74, 6) is 0. The lowest BCUT2D eigenvalue weighted by Gasteiger charge is -2.44. The molecule has 0 radical (unpaired) electrons. The molecule has 1 aromatic rings. The van der Waals surface area contributed by atoms with E-state index in [0.29, 0.717) is 39.0 Å². The molecule has 2 aliphatic heterocycles. The molecule has 0 saturated carbocycles. The summed E-state index contributed by atoms with van der Waals surface area (Å²) in [6.07, 6.45) is 0.751. The Morgan fingerprint density at radius 3 is 2.70 bits per heavy atom. The summed E-state index contributed by atoms with van der Waals surface area (Å²) in [4.78, 5) is 16.8. The number of carbonyl (C=O) groups excluding carboxylic acids is 1. The average molecular weight is 376 g/mol. The van der Waals surface area contributed by atoms with Crippen LogP contribution >= 0.6 is 0 Å². The number of amides is 1. The second-order valence-corrected chi connectivity index (χ2v) is 8.51. The van der Waals surface area contributed by atoms with E-state index in [9.17, 15) is 4.79 Å². The van der Waals surface area contributed by atoms with Gasteiger partial charge >= 0.3 is 6.09 Å². The molecule has 6 heteroatoms. The molecule has 0 bridgehead atoms. The summed E-state index contributed by atoms with van der Waals surface area (Å²) in [6.45, 7) is 11.1. The number of nitrogens with zero attached hydrogens (tertiary/aromatic N) is 2. The third-order valence-corrected chi connectivity index (χ3v) is 5.02. The highest BCUT2D eigenvalue weighted by Crippen LogP contribution is 2.37. The van der Waals surface area contributed by atoms with Crippen LogP contribution in [0.2, 0.25) is 0 Å². The predicted octanol–water partition coefficient (Wildman–Crippen LogP) is 3.22. The van der Waals surface area contributed by atoms with Crippen molar-refractivity contribution in [3.63, 3.8) is 0 Å². The quantitative estimate of drug-likeness (QED) is 0.739. The summed E-state index contributed by atoms with van der Waals surface area (Å²) in [6, 6.07) is 7.14. The van der Waals surface area contributed by atoms with Crippen LogP contribution in [-0.4, -0.2) is 62.1 Å². The maximum atomic E-state index is 12.5. The third-order valence-electron chi connectivity index (χ3n) is 5.02. The van der Waals surface area contributed by atoms with Crippen molar-refractivity contribution in [2.24, 2.45) is 0 Å². The number of hydrogen-bond donors (Lipinski definition) is 0. The summed E-state index contributed by atoms with van der Waals surface area (Å²) < 4.78 is 16.3. The molecule has 1 amide bonds. The summed E-state index contributed by atoms with van der Waals surface area (Å²) >= 11 is 0. The number of piperazine rings is 1. The second-order valence-electron chi connectivity index (χ2n) is 8.51. The van der Waals surface area contributed by atoms with Crippen LogP contribution in [0.25, 0.3) is 0 Å². The van der Waals surface area contributed by atoms with Gasteiger partial charge in [0.05, 0.1) is 25.9 Å². The van der Waals surface area contributed by atoms with Gasteiger partial charge in [0.15, 0.2) is 0 Å². The van der Waals surface area contributed by atoms with Gasteiger partial charge in [-0.3, -0.25) is 0 Å². The maximum Gasteiger partial charge on any atom is 0.410 e. The number of benzene rings is 1. The number of hydrogen-bond acceptors (Lipinski definition) is 5. The Labute approximate surface area is 162 Å². The van der Waals surface area contributed by atoms with Gasteiger partial charge in [0, 0.05) is 31.9 Å². The van der Waals surface area contributed by atoms with Crippen LogP contribution in [0, 0.1) is 0 Å². The van der Waals surface area contributed by atoms with E-state index >= 15 is 0 Å². The van der Waals surface area contributed by atoms with Gasteiger partial charge in [-0.2, -0.15) is 0 Å². The number of methoxy groups -OCH3 is 1. The van der Waals surface area contributed by atoms with Gasteiger partial charge in [-0.15, -0.1) is 0 Å². The van der Waals surface area contributed by atoms with Crippen molar-refractivity contribution in [3.05, 3.63) is 29.3 Å². The Hall–Kier alpha value is -1.79. The van der Waals surface area contributed by atoms with Gasteiger partial charge < -0.3 is 24.0 Å². The minimum Gasteiger partial charge on any atom is -0.444 e. The molecule has 1 fully saturated rings. The second kappa shape index (κ2) is 8.07. The summed E-state index contributed by atoms with van der Waals surface area (Å²) in [5, 5.41) is 0. The van der Waals surface area contributed by atoms with Crippen LogP contribution in [0.4, 0.5) is 10.5 Å². The topological polar surface area (TPSA) is 51.2 Å². The van der Waals surface area contributed by atoms with Crippen molar-refractivity contribution in [2.45, 2.75) is 58.4 Å². The number of rotatable bonds is 5. The molecule has 1 aromatic carbocycles. The molecule has 150 valence electrons. The van der Waals surface area contributed by atoms with Crippen molar-refractivity contribution in [2.75, 3.05) is 38.3 Å². The zero-order valence-electron chi connectivity index (χ0n) is 17.2. The first-order chi connectivity index (χ1) is 12.8. The lowest BCUT2D eigenvalue weighted by molar-refractivity contribution is 0.0192. The monoisotopic (exact) mass is 376 g/mol. The van der Waals surface area contributed by atoms with Crippen LogP contribution in [0.15, 0.2) is 18.2 Å². The molecule has 6 nitrogen and oxygen atoms in total. The zero-order valence-corrected chi connectivity index (χ0v) is 17.2. The van der Waals surface area contributed by atoms with Gasteiger partial charge in [-0.1, -0.05) is 12.1 Å². The van der Waals surface area contributed by atoms with Crippen LogP contribution in [-0.2, 0) is 27.2 Å². The Bertz CT molecular complexity index is 671. The van der Waals surface area contributed by atoms with E-state index in [1.54, 1.807) is 7.11 Å². The fourth-order valence-corrected chi connectivity index (χ4v) is 3.95. The van der Waals surface area contributed by atoms with Crippen LogP contribution in [0.3, 0.4) is 0 Å². The van der Waals surface area contributed by atoms with Crippen LogP contribution in [0.5, 0.6) is 0 Å². The number of carbonyl (C=O) groups is 1. The van der Waals surface area contributed by atoms with E-state index in [1.807, 2.05) is 25.7 Å². The van der Waals surface area contributed by atoms with Gasteiger partial charge in [0.25, 0.3) is 0 Å². The maximum absolute atomic E-state index is 12.5. The van der Waals surface area contributed by atoms with Crippen molar-refractivity contribution < 1.29 is 19.0 Å². The molecule has 2 heterocycles. The van der Waals surface area contributed by atoms with Crippen molar-refractivity contribution in [1.82, 2.24) is 4.90 Å². The SMILES string of the molecule is COCCOCc1ccc2c(c1)N1C(C)CN(C(=O)OC(C)(C)C)C[C@H]1C2. The van der Waals surface area contributed by atoms with Gasteiger partial charge in [0.2, 0.25) is 0 Å². The molecule has 0 aliphatic carbocycles. The summed E-state index contributed by atoms with van der Waals surface area (Å²) in [5.41, 5.74) is 3.34.